The first-order chi connectivity index (χ1) is 6.65. The number of benzene rings is 1. The number of hydrogen-bond donors (Lipinski definition) is 1. The summed E-state index contributed by atoms with van der Waals surface area (Å²) in [5, 5.41) is 2.30. The summed E-state index contributed by atoms with van der Waals surface area (Å²) in [5.41, 5.74) is 0.964. The Morgan fingerprint density at radius 1 is 1.36 bits per heavy atom. The normalized spacial score (nSPS) is 17.4. The van der Waals surface area contributed by atoms with Gasteiger partial charge in [0.25, 0.3) is 0 Å². The summed E-state index contributed by atoms with van der Waals surface area (Å²) in [5.74, 6) is 0. The molecular formula is C11H16ClNO. The summed E-state index contributed by atoms with van der Waals surface area (Å²) < 4.78 is 5.38. The molecule has 1 aromatic carbocycles. The molecule has 0 bridgehead atoms. The highest BCUT2D eigenvalue weighted by Crippen LogP contribution is 2.33. The van der Waals surface area contributed by atoms with Crippen LogP contribution in [-0.2, 0) is 9.80 Å². The molecule has 1 N–H and O–H groups in total. The Hall–Kier alpha value is -0.570. The Kier molecular flexibility index (Phi) is 3.93. The van der Waals surface area contributed by atoms with Gasteiger partial charge in [-0.25, -0.2) is 0 Å². The summed E-state index contributed by atoms with van der Waals surface area (Å²) in [6, 6.07) is 9.83. The molecule has 0 aliphatic rings. The van der Waals surface area contributed by atoms with Crippen molar-refractivity contribution in [3.63, 3.8) is 0 Å². The minimum Gasteiger partial charge on any atom is -0.357 e. The number of rotatable bonds is 4. The Labute approximate surface area is 90.2 Å². The van der Waals surface area contributed by atoms with E-state index in [9.17, 15) is 0 Å². The van der Waals surface area contributed by atoms with Crippen LogP contribution in [-0.4, -0.2) is 20.2 Å². The molecule has 0 aliphatic carbocycles. The van der Waals surface area contributed by atoms with Gasteiger partial charge in [0.2, 0.25) is 0 Å². The van der Waals surface area contributed by atoms with Gasteiger partial charge in [-0.15, -0.1) is 0 Å². The van der Waals surface area contributed by atoms with Gasteiger partial charge in [-0.1, -0.05) is 41.9 Å². The summed E-state index contributed by atoms with van der Waals surface area (Å²) in [6.45, 7) is 1.99. The largest absolute Gasteiger partial charge is 0.357 e. The highest BCUT2D eigenvalue weighted by atomic mass is 35.5. The Morgan fingerprint density at radius 3 is 2.36 bits per heavy atom. The lowest BCUT2D eigenvalue weighted by molar-refractivity contribution is 0.0346. The molecule has 3 heteroatoms. The van der Waals surface area contributed by atoms with Crippen molar-refractivity contribution >= 4 is 11.6 Å². The molecule has 1 aromatic rings. The van der Waals surface area contributed by atoms with Crippen LogP contribution in [0.25, 0.3) is 0 Å². The van der Waals surface area contributed by atoms with Gasteiger partial charge in [-0.3, -0.25) is 0 Å². The van der Waals surface area contributed by atoms with Crippen LogP contribution in [0.3, 0.4) is 0 Å². The van der Waals surface area contributed by atoms with E-state index in [-0.39, 0.29) is 6.04 Å². The highest BCUT2D eigenvalue weighted by Gasteiger charge is 2.34. The summed E-state index contributed by atoms with van der Waals surface area (Å²) in [6.07, 6.45) is 0. The summed E-state index contributed by atoms with van der Waals surface area (Å²) >= 11 is 6.41. The van der Waals surface area contributed by atoms with E-state index in [0.717, 1.165) is 5.56 Å². The predicted octanol–water partition coefficient (Wildman–Crippen LogP) is 2.33. The van der Waals surface area contributed by atoms with Crippen molar-refractivity contribution in [2.75, 3.05) is 14.2 Å². The molecular weight excluding hydrogens is 198 g/mol. The summed E-state index contributed by atoms with van der Waals surface area (Å²) in [7, 11) is 3.48. The minimum absolute atomic E-state index is 0.0385. The lowest BCUT2D eigenvalue weighted by Gasteiger charge is -2.32. The second kappa shape index (κ2) is 4.78. The third-order valence-electron chi connectivity index (χ3n) is 2.45. The molecule has 0 saturated carbocycles. The van der Waals surface area contributed by atoms with Crippen LogP contribution in [0.4, 0.5) is 0 Å². The molecule has 0 fully saturated rings. The molecule has 0 amide bonds. The van der Waals surface area contributed by atoms with Gasteiger partial charge in [-0.2, -0.15) is 0 Å². The van der Waals surface area contributed by atoms with Gasteiger partial charge in [-0.05, 0) is 14.0 Å². The number of ether oxygens (including phenoxy) is 1. The van der Waals surface area contributed by atoms with Crippen molar-refractivity contribution in [1.29, 1.82) is 0 Å². The number of nitrogens with one attached hydrogen (secondary N) is 1. The fourth-order valence-electron chi connectivity index (χ4n) is 1.40. The average Bonchev–Trinajstić information content (AvgIpc) is 2.28. The highest BCUT2D eigenvalue weighted by molar-refractivity contribution is 6.23. The first kappa shape index (κ1) is 11.5. The fourth-order valence-corrected chi connectivity index (χ4v) is 1.63. The van der Waals surface area contributed by atoms with E-state index in [2.05, 4.69) is 5.32 Å². The zero-order valence-electron chi connectivity index (χ0n) is 8.75. The predicted molar refractivity (Wildman–Crippen MR) is 59.5 cm³/mol. The topological polar surface area (TPSA) is 21.3 Å². The standard InChI is InChI=1S/C11H16ClNO/c1-9(13-2)11(12,14-3)10-7-5-4-6-8-10/h4-9,13H,1-3H3. The van der Waals surface area contributed by atoms with Crippen LogP contribution >= 0.6 is 11.6 Å². The van der Waals surface area contributed by atoms with Gasteiger partial charge in [0.05, 0.1) is 6.04 Å². The number of likely N-dealkylation sites (N-methyl/N-ethyl adjacent to an activating group) is 1. The van der Waals surface area contributed by atoms with Gasteiger partial charge in [0, 0.05) is 12.7 Å². The van der Waals surface area contributed by atoms with Gasteiger partial charge in [0.1, 0.15) is 0 Å². The van der Waals surface area contributed by atoms with E-state index in [4.69, 9.17) is 16.3 Å². The molecule has 2 unspecified atom stereocenters. The van der Waals surface area contributed by atoms with Crippen molar-refractivity contribution in [1.82, 2.24) is 5.32 Å². The maximum absolute atomic E-state index is 6.41. The lowest BCUT2D eigenvalue weighted by Crippen LogP contribution is -2.42. The molecule has 1 rings (SSSR count). The van der Waals surface area contributed by atoms with Crippen LogP contribution in [0.2, 0.25) is 0 Å². The molecule has 2 atom stereocenters. The van der Waals surface area contributed by atoms with Crippen LogP contribution in [0, 0.1) is 0 Å². The number of halogens is 1. The van der Waals surface area contributed by atoms with Crippen molar-refractivity contribution < 1.29 is 4.74 Å². The number of alkyl halides is 1. The Morgan fingerprint density at radius 2 is 1.93 bits per heavy atom. The van der Waals surface area contributed by atoms with Gasteiger partial charge < -0.3 is 10.1 Å². The molecule has 0 heterocycles. The van der Waals surface area contributed by atoms with Crippen LogP contribution < -0.4 is 5.32 Å². The zero-order chi connectivity index (χ0) is 10.6. The number of methoxy groups -OCH3 is 1. The molecule has 0 radical (unpaired) electrons. The van der Waals surface area contributed by atoms with E-state index in [1.54, 1.807) is 7.11 Å². The molecule has 2 nitrogen and oxygen atoms in total. The Balaban J connectivity index is 3.01. The van der Waals surface area contributed by atoms with E-state index in [1.165, 1.54) is 0 Å². The smallest absolute Gasteiger partial charge is 0.181 e. The molecule has 78 valence electrons. The first-order valence-corrected chi connectivity index (χ1v) is 4.99. The van der Waals surface area contributed by atoms with Crippen molar-refractivity contribution in [3.05, 3.63) is 35.9 Å². The second-order valence-electron chi connectivity index (χ2n) is 3.23. The van der Waals surface area contributed by atoms with E-state index in [0.29, 0.717) is 0 Å². The Bertz CT molecular complexity index is 278. The van der Waals surface area contributed by atoms with E-state index in [1.807, 2.05) is 44.3 Å². The van der Waals surface area contributed by atoms with E-state index >= 15 is 0 Å². The third kappa shape index (κ3) is 2.08. The summed E-state index contributed by atoms with van der Waals surface area (Å²) in [4.78, 5) is 0. The first-order valence-electron chi connectivity index (χ1n) is 4.62. The maximum Gasteiger partial charge on any atom is 0.181 e. The average molecular weight is 214 g/mol. The van der Waals surface area contributed by atoms with Crippen LogP contribution in [0.1, 0.15) is 12.5 Å². The van der Waals surface area contributed by atoms with Crippen molar-refractivity contribution in [2.45, 2.75) is 18.0 Å². The molecule has 0 spiro atoms. The quantitative estimate of drug-likeness (QED) is 0.776. The molecule has 0 aliphatic heterocycles. The van der Waals surface area contributed by atoms with Crippen LogP contribution in [0.15, 0.2) is 30.3 Å². The lowest BCUT2D eigenvalue weighted by atomic mass is 10.0. The van der Waals surface area contributed by atoms with Gasteiger partial charge >= 0.3 is 0 Å². The second-order valence-corrected chi connectivity index (χ2v) is 3.79. The molecule has 0 saturated heterocycles. The van der Waals surface area contributed by atoms with E-state index < -0.39 is 5.06 Å². The van der Waals surface area contributed by atoms with Crippen LogP contribution in [0.5, 0.6) is 0 Å². The minimum atomic E-state index is -0.796. The van der Waals surface area contributed by atoms with Crippen molar-refractivity contribution in [3.8, 4) is 0 Å². The fraction of sp³-hybridized carbons (Fsp3) is 0.455. The molecule has 14 heavy (non-hydrogen) atoms. The van der Waals surface area contributed by atoms with Gasteiger partial charge in [0.15, 0.2) is 5.06 Å². The monoisotopic (exact) mass is 213 g/mol. The SMILES string of the molecule is CNC(C)C(Cl)(OC)c1ccccc1. The number of hydrogen-bond acceptors (Lipinski definition) is 2. The zero-order valence-corrected chi connectivity index (χ0v) is 9.51. The molecule has 0 aromatic heterocycles. The third-order valence-corrected chi connectivity index (χ3v) is 3.15. The van der Waals surface area contributed by atoms with Crippen molar-refractivity contribution in [2.24, 2.45) is 0 Å². The maximum atomic E-state index is 6.41.